The van der Waals surface area contributed by atoms with E-state index < -0.39 is 6.10 Å². The summed E-state index contributed by atoms with van der Waals surface area (Å²) in [5, 5.41) is 0. The Balaban J connectivity index is 4.24. The standard InChI is InChI=1S/C76H134O6/c1-4-7-10-13-16-19-22-25-28-30-32-33-34-35-36-37-38-39-40-41-42-43-44-46-48-51-54-57-60-63-66-69-75(78)81-72-73(71-80-74(77)68-65-62-59-56-53-50-47-27-24-21-18-15-12-9-6-3)82-76(79)70-67-64-61-58-55-52-49-45-31-29-26-23-20-17-14-11-8-5-2/h9,12,18,21-22,25,27,29-32,34-35,47,73H,4-8,10-11,13-17,19-20,23-24,26,28,33,36-46,48-72H2,1-3H3/b12-9-,21-18-,25-22-,31-29-,32-30-,35-34-,47-27-. The van der Waals surface area contributed by atoms with E-state index in [-0.39, 0.29) is 31.1 Å². The zero-order valence-electron chi connectivity index (χ0n) is 54.5. The number of hydrogen-bond acceptors (Lipinski definition) is 6. The molecule has 0 radical (unpaired) electrons. The molecule has 82 heavy (non-hydrogen) atoms. The van der Waals surface area contributed by atoms with Gasteiger partial charge in [0.25, 0.3) is 0 Å². The van der Waals surface area contributed by atoms with Gasteiger partial charge < -0.3 is 14.2 Å². The van der Waals surface area contributed by atoms with E-state index in [9.17, 15) is 14.4 Å². The lowest BCUT2D eigenvalue weighted by Gasteiger charge is -2.18. The molecule has 0 bridgehead atoms. The Hall–Kier alpha value is -3.41. The molecule has 6 heteroatoms. The second kappa shape index (κ2) is 70.1. The predicted octanol–water partition coefficient (Wildman–Crippen LogP) is 24.6. The normalized spacial score (nSPS) is 12.6. The number of esters is 3. The molecule has 0 aromatic rings. The lowest BCUT2D eigenvalue weighted by Crippen LogP contribution is -2.30. The maximum atomic E-state index is 12.9. The molecule has 0 amide bonds. The van der Waals surface area contributed by atoms with Crippen molar-refractivity contribution < 1.29 is 28.6 Å². The average Bonchev–Trinajstić information content (AvgIpc) is 3.47. The van der Waals surface area contributed by atoms with Crippen LogP contribution < -0.4 is 0 Å². The topological polar surface area (TPSA) is 78.9 Å². The van der Waals surface area contributed by atoms with Gasteiger partial charge in [0.1, 0.15) is 13.2 Å². The first-order valence-corrected chi connectivity index (χ1v) is 35.6. The lowest BCUT2D eigenvalue weighted by molar-refractivity contribution is -0.167. The van der Waals surface area contributed by atoms with Crippen LogP contribution in [0.4, 0.5) is 0 Å². The Morgan fingerprint density at radius 1 is 0.256 bits per heavy atom. The van der Waals surface area contributed by atoms with Gasteiger partial charge >= 0.3 is 17.9 Å². The van der Waals surface area contributed by atoms with Crippen molar-refractivity contribution in [2.24, 2.45) is 0 Å². The molecule has 0 spiro atoms. The summed E-state index contributed by atoms with van der Waals surface area (Å²) in [5.74, 6) is -0.886. The molecule has 0 aromatic heterocycles. The molecule has 1 unspecified atom stereocenters. The number of allylic oxidation sites excluding steroid dienone is 14. The first kappa shape index (κ1) is 78.6. The molecule has 1 atom stereocenters. The summed E-state index contributed by atoms with van der Waals surface area (Å²) < 4.78 is 17.0. The monoisotopic (exact) mass is 1140 g/mol. The van der Waals surface area contributed by atoms with Crippen molar-refractivity contribution in [2.75, 3.05) is 13.2 Å². The van der Waals surface area contributed by atoms with E-state index in [1.807, 2.05) is 0 Å². The third-order valence-corrected chi connectivity index (χ3v) is 15.6. The highest BCUT2D eigenvalue weighted by Crippen LogP contribution is 2.17. The summed E-state index contributed by atoms with van der Waals surface area (Å²) in [6, 6.07) is 0. The van der Waals surface area contributed by atoms with Crippen molar-refractivity contribution in [1.82, 2.24) is 0 Å². The zero-order chi connectivity index (χ0) is 59.2. The van der Waals surface area contributed by atoms with Crippen LogP contribution in [0.2, 0.25) is 0 Å². The summed E-state index contributed by atoms with van der Waals surface area (Å²) in [5.41, 5.74) is 0. The molecule has 0 aliphatic heterocycles. The summed E-state index contributed by atoms with van der Waals surface area (Å²) in [6.07, 6.45) is 93.3. The Kier molecular flexibility index (Phi) is 67.2. The molecule has 0 saturated heterocycles. The van der Waals surface area contributed by atoms with Gasteiger partial charge in [-0.3, -0.25) is 14.4 Å². The van der Waals surface area contributed by atoms with Crippen LogP contribution in [-0.2, 0) is 28.6 Å². The van der Waals surface area contributed by atoms with Gasteiger partial charge in [-0.1, -0.05) is 311 Å². The van der Waals surface area contributed by atoms with Gasteiger partial charge in [0, 0.05) is 19.3 Å². The molecule has 0 rings (SSSR count). The van der Waals surface area contributed by atoms with E-state index >= 15 is 0 Å². The Morgan fingerprint density at radius 2 is 0.476 bits per heavy atom. The van der Waals surface area contributed by atoms with Gasteiger partial charge in [-0.05, 0) is 116 Å². The highest BCUT2D eigenvalue weighted by molar-refractivity contribution is 5.71. The van der Waals surface area contributed by atoms with Crippen molar-refractivity contribution in [1.29, 1.82) is 0 Å². The first-order chi connectivity index (χ1) is 40.5. The van der Waals surface area contributed by atoms with E-state index in [4.69, 9.17) is 14.2 Å². The number of rotatable bonds is 65. The molecule has 474 valence electrons. The third-order valence-electron chi connectivity index (χ3n) is 15.6. The van der Waals surface area contributed by atoms with Gasteiger partial charge in [-0.25, -0.2) is 0 Å². The fourth-order valence-corrected chi connectivity index (χ4v) is 10.3. The molecule has 0 heterocycles. The number of unbranched alkanes of at least 4 members (excludes halogenated alkanes) is 40. The number of ether oxygens (including phenoxy) is 3. The fourth-order valence-electron chi connectivity index (χ4n) is 10.3. The SMILES string of the molecule is CC/C=C\C/C=C\C/C=C\CCCCCCCC(=O)OCC(COC(=O)CCCCCCCCCCCCCCCCCC/C=C\C/C=C\C/C=C\CCCCCCC)OC(=O)CCCCCCCCC/C=C\CCCCCCCCC. The maximum Gasteiger partial charge on any atom is 0.306 e. The van der Waals surface area contributed by atoms with Crippen LogP contribution in [0.1, 0.15) is 361 Å². The first-order valence-electron chi connectivity index (χ1n) is 35.6. The van der Waals surface area contributed by atoms with Crippen LogP contribution in [0.5, 0.6) is 0 Å². The highest BCUT2D eigenvalue weighted by atomic mass is 16.6. The Labute approximate surface area is 509 Å². The van der Waals surface area contributed by atoms with Crippen molar-refractivity contribution in [3.8, 4) is 0 Å². The van der Waals surface area contributed by atoms with Crippen LogP contribution in [0.25, 0.3) is 0 Å². The summed E-state index contributed by atoms with van der Waals surface area (Å²) in [4.78, 5) is 38.4. The molecule has 0 N–H and O–H groups in total. The quantitative estimate of drug-likeness (QED) is 0.0261. The van der Waals surface area contributed by atoms with Crippen LogP contribution in [0.15, 0.2) is 85.1 Å². The summed E-state index contributed by atoms with van der Waals surface area (Å²) in [7, 11) is 0. The van der Waals surface area contributed by atoms with Crippen molar-refractivity contribution in [3.05, 3.63) is 85.1 Å². The van der Waals surface area contributed by atoms with Crippen LogP contribution in [-0.4, -0.2) is 37.2 Å². The Morgan fingerprint density at radius 3 is 0.756 bits per heavy atom. The number of carbonyl (C=O) groups excluding carboxylic acids is 3. The smallest absolute Gasteiger partial charge is 0.306 e. The van der Waals surface area contributed by atoms with Gasteiger partial charge in [-0.2, -0.15) is 0 Å². The van der Waals surface area contributed by atoms with Crippen molar-refractivity contribution >= 4 is 17.9 Å². The zero-order valence-corrected chi connectivity index (χ0v) is 54.5. The van der Waals surface area contributed by atoms with Crippen molar-refractivity contribution in [3.63, 3.8) is 0 Å². The molecule has 0 aliphatic carbocycles. The minimum atomic E-state index is -0.787. The number of carbonyl (C=O) groups is 3. The van der Waals surface area contributed by atoms with Gasteiger partial charge in [0.05, 0.1) is 0 Å². The molecule has 6 nitrogen and oxygen atoms in total. The van der Waals surface area contributed by atoms with E-state index in [0.29, 0.717) is 19.3 Å². The minimum Gasteiger partial charge on any atom is -0.462 e. The van der Waals surface area contributed by atoms with E-state index in [1.165, 1.54) is 212 Å². The molecule has 0 aromatic carbocycles. The second-order valence-corrected chi connectivity index (χ2v) is 23.8. The predicted molar refractivity (Wildman–Crippen MR) is 358 cm³/mol. The molecular formula is C76H134O6. The second-order valence-electron chi connectivity index (χ2n) is 23.8. The van der Waals surface area contributed by atoms with Crippen LogP contribution in [0.3, 0.4) is 0 Å². The van der Waals surface area contributed by atoms with E-state index in [2.05, 4.69) is 106 Å². The number of hydrogen-bond donors (Lipinski definition) is 0. The molecule has 0 aliphatic rings. The largest absolute Gasteiger partial charge is 0.462 e. The van der Waals surface area contributed by atoms with Gasteiger partial charge in [-0.15, -0.1) is 0 Å². The van der Waals surface area contributed by atoms with Gasteiger partial charge in [0.15, 0.2) is 6.10 Å². The lowest BCUT2D eigenvalue weighted by atomic mass is 10.0. The third kappa shape index (κ3) is 67.4. The van der Waals surface area contributed by atoms with Crippen LogP contribution in [0, 0.1) is 0 Å². The fraction of sp³-hybridized carbons (Fsp3) is 0.776. The van der Waals surface area contributed by atoms with E-state index in [0.717, 1.165) is 109 Å². The minimum absolute atomic E-state index is 0.0813. The van der Waals surface area contributed by atoms with Crippen LogP contribution >= 0.6 is 0 Å². The molecule has 0 saturated carbocycles. The van der Waals surface area contributed by atoms with E-state index in [1.54, 1.807) is 0 Å². The summed E-state index contributed by atoms with van der Waals surface area (Å²) >= 11 is 0. The van der Waals surface area contributed by atoms with Gasteiger partial charge in [0.2, 0.25) is 0 Å². The van der Waals surface area contributed by atoms with Crippen molar-refractivity contribution in [2.45, 2.75) is 367 Å². The highest BCUT2D eigenvalue weighted by Gasteiger charge is 2.19. The average molecular weight is 1140 g/mol. The Bertz CT molecular complexity index is 1550. The molecular weight excluding hydrogens is 1010 g/mol. The summed E-state index contributed by atoms with van der Waals surface area (Å²) in [6.45, 7) is 6.54. The molecule has 0 fully saturated rings. The maximum absolute atomic E-state index is 12.9.